The van der Waals surface area contributed by atoms with Crippen molar-refractivity contribution in [1.29, 1.82) is 0 Å². The van der Waals surface area contributed by atoms with Crippen molar-refractivity contribution in [2.24, 2.45) is 0 Å². The molecular weight excluding hydrogens is 331 g/mol. The van der Waals surface area contributed by atoms with Crippen LogP contribution >= 0.6 is 0 Å². The first-order chi connectivity index (χ1) is 11.3. The van der Waals surface area contributed by atoms with E-state index in [0.717, 1.165) is 11.8 Å². The van der Waals surface area contributed by atoms with Gasteiger partial charge in [0, 0.05) is 24.3 Å². The predicted octanol–water partition coefficient (Wildman–Crippen LogP) is 3.38. The van der Waals surface area contributed by atoms with Crippen molar-refractivity contribution in [2.75, 3.05) is 6.26 Å². The molecule has 0 saturated heterocycles. The molecule has 3 rings (SSSR count). The molecule has 0 atom stereocenters. The monoisotopic (exact) mass is 346 g/mol. The molecule has 0 bridgehead atoms. The summed E-state index contributed by atoms with van der Waals surface area (Å²) in [6, 6.07) is 11.9. The molecule has 0 spiro atoms. The molecule has 0 radical (unpaired) electrons. The molecule has 0 aromatic heterocycles. The van der Waals surface area contributed by atoms with Gasteiger partial charge in [-0.1, -0.05) is 18.2 Å². The minimum absolute atomic E-state index is 0.151. The lowest BCUT2D eigenvalue weighted by Gasteiger charge is -2.09. The number of carbonyl (C=O) groups excluding carboxylic acids is 1. The summed E-state index contributed by atoms with van der Waals surface area (Å²) in [5, 5.41) is 0. The fraction of sp³-hybridized carbons (Fsp3) is 0.167. The average Bonchev–Trinajstić information content (AvgIpc) is 2.88. The van der Waals surface area contributed by atoms with E-state index in [9.17, 15) is 17.6 Å². The molecule has 1 aliphatic carbocycles. The number of allylic oxidation sites excluding steroid dienone is 2. The van der Waals surface area contributed by atoms with Crippen molar-refractivity contribution in [3.05, 3.63) is 65.7 Å². The highest BCUT2D eigenvalue weighted by Gasteiger charge is 2.26. The number of sulfone groups is 1. The van der Waals surface area contributed by atoms with Crippen LogP contribution in [0, 0.1) is 5.82 Å². The number of hydrogen-bond acceptors (Lipinski definition) is 4. The zero-order chi connectivity index (χ0) is 17.3. The van der Waals surface area contributed by atoms with Crippen molar-refractivity contribution in [3.63, 3.8) is 0 Å². The minimum Gasteiger partial charge on any atom is -0.453 e. The number of halogens is 1. The van der Waals surface area contributed by atoms with Crippen molar-refractivity contribution in [1.82, 2.24) is 0 Å². The maximum Gasteiger partial charge on any atom is 0.198 e. The Labute approximate surface area is 139 Å². The SMILES string of the molecule is CS(=O)(=O)c1ccc(C2=C(Oc3cccc(F)c3)C(=O)CC2)cc1. The van der Waals surface area contributed by atoms with E-state index in [-0.39, 0.29) is 22.2 Å². The highest BCUT2D eigenvalue weighted by Crippen LogP contribution is 2.33. The smallest absolute Gasteiger partial charge is 0.198 e. The summed E-state index contributed by atoms with van der Waals surface area (Å²) in [7, 11) is -3.28. The third-order valence-electron chi connectivity index (χ3n) is 3.78. The van der Waals surface area contributed by atoms with E-state index >= 15 is 0 Å². The molecule has 6 heteroatoms. The Kier molecular flexibility index (Phi) is 4.24. The lowest BCUT2D eigenvalue weighted by atomic mass is 10.1. The Morgan fingerprint density at radius 1 is 1.04 bits per heavy atom. The second-order valence-electron chi connectivity index (χ2n) is 5.59. The van der Waals surface area contributed by atoms with Crippen LogP contribution in [-0.4, -0.2) is 20.5 Å². The number of Topliss-reactive ketones (excluding diaryl/α,β-unsaturated/α-hetero) is 1. The Hall–Kier alpha value is -2.47. The summed E-state index contributed by atoms with van der Waals surface area (Å²) >= 11 is 0. The van der Waals surface area contributed by atoms with Gasteiger partial charge in [0.15, 0.2) is 21.4 Å². The van der Waals surface area contributed by atoms with Gasteiger partial charge in [-0.3, -0.25) is 4.79 Å². The van der Waals surface area contributed by atoms with Gasteiger partial charge >= 0.3 is 0 Å². The first-order valence-electron chi connectivity index (χ1n) is 7.35. The highest BCUT2D eigenvalue weighted by molar-refractivity contribution is 7.90. The van der Waals surface area contributed by atoms with Crippen molar-refractivity contribution >= 4 is 21.2 Å². The van der Waals surface area contributed by atoms with Crippen LogP contribution < -0.4 is 4.74 Å². The normalized spacial score (nSPS) is 15.0. The standard InChI is InChI=1S/C18H15FO4S/c1-24(21,22)15-7-5-12(6-8-15)16-9-10-17(20)18(16)23-14-4-2-3-13(19)11-14/h2-8,11H,9-10H2,1H3. The summed E-state index contributed by atoms with van der Waals surface area (Å²) in [5.41, 5.74) is 1.42. The quantitative estimate of drug-likeness (QED) is 0.851. The third kappa shape index (κ3) is 3.38. The zero-order valence-electron chi connectivity index (χ0n) is 13.0. The number of hydrogen-bond donors (Lipinski definition) is 0. The Morgan fingerprint density at radius 2 is 1.75 bits per heavy atom. The van der Waals surface area contributed by atoms with Gasteiger partial charge in [-0.15, -0.1) is 0 Å². The molecule has 0 heterocycles. The van der Waals surface area contributed by atoms with Crippen LogP contribution in [0.3, 0.4) is 0 Å². The van der Waals surface area contributed by atoms with Crippen molar-refractivity contribution < 1.29 is 22.3 Å². The third-order valence-corrected chi connectivity index (χ3v) is 4.90. The maximum absolute atomic E-state index is 13.3. The minimum atomic E-state index is -3.28. The lowest BCUT2D eigenvalue weighted by Crippen LogP contribution is -2.05. The summed E-state index contributed by atoms with van der Waals surface area (Å²) in [4.78, 5) is 12.3. The van der Waals surface area contributed by atoms with Gasteiger partial charge in [-0.05, 0) is 36.2 Å². The average molecular weight is 346 g/mol. The van der Waals surface area contributed by atoms with Crippen LogP contribution in [-0.2, 0) is 14.6 Å². The van der Waals surface area contributed by atoms with Crippen LogP contribution in [0.4, 0.5) is 4.39 Å². The van der Waals surface area contributed by atoms with E-state index in [2.05, 4.69) is 0 Å². The molecule has 4 nitrogen and oxygen atoms in total. The molecule has 0 unspecified atom stereocenters. The first kappa shape index (κ1) is 16.4. The van der Waals surface area contributed by atoms with Gasteiger partial charge < -0.3 is 4.74 Å². The number of ether oxygens (including phenoxy) is 1. The molecule has 2 aromatic rings. The fourth-order valence-corrected chi connectivity index (χ4v) is 3.21. The molecule has 2 aromatic carbocycles. The topological polar surface area (TPSA) is 60.4 Å². The van der Waals surface area contributed by atoms with E-state index in [4.69, 9.17) is 4.74 Å². The number of benzene rings is 2. The molecule has 124 valence electrons. The summed E-state index contributed by atoms with van der Waals surface area (Å²) in [6.45, 7) is 0. The number of rotatable bonds is 4. The van der Waals surface area contributed by atoms with E-state index in [0.29, 0.717) is 18.4 Å². The lowest BCUT2D eigenvalue weighted by molar-refractivity contribution is -0.116. The second-order valence-corrected chi connectivity index (χ2v) is 7.60. The van der Waals surface area contributed by atoms with Gasteiger partial charge in [0.2, 0.25) is 0 Å². The van der Waals surface area contributed by atoms with E-state index in [1.165, 1.54) is 30.3 Å². The van der Waals surface area contributed by atoms with Crippen molar-refractivity contribution in [3.8, 4) is 5.75 Å². The van der Waals surface area contributed by atoms with Crippen LogP contribution in [0.2, 0.25) is 0 Å². The number of carbonyl (C=O) groups is 1. The number of ketones is 1. The fourth-order valence-electron chi connectivity index (χ4n) is 2.58. The Bertz CT molecular complexity index is 928. The molecule has 0 aliphatic heterocycles. The van der Waals surface area contributed by atoms with Crippen molar-refractivity contribution in [2.45, 2.75) is 17.7 Å². The van der Waals surface area contributed by atoms with Gasteiger partial charge in [-0.2, -0.15) is 0 Å². The van der Waals surface area contributed by atoms with E-state index in [1.807, 2.05) is 0 Å². The molecule has 0 N–H and O–H groups in total. The van der Waals surface area contributed by atoms with Gasteiger partial charge in [0.25, 0.3) is 0 Å². The molecule has 0 saturated carbocycles. The van der Waals surface area contributed by atoms with Gasteiger partial charge in [0.05, 0.1) is 4.90 Å². The van der Waals surface area contributed by atoms with Gasteiger partial charge in [-0.25, -0.2) is 12.8 Å². The molecular formula is C18H15FO4S. The first-order valence-corrected chi connectivity index (χ1v) is 9.24. The summed E-state index contributed by atoms with van der Waals surface area (Å²) in [5.74, 6) is -0.155. The van der Waals surface area contributed by atoms with Crippen LogP contribution in [0.15, 0.2) is 59.2 Å². The van der Waals surface area contributed by atoms with E-state index in [1.54, 1.807) is 18.2 Å². The Balaban J connectivity index is 1.97. The summed E-state index contributed by atoms with van der Waals surface area (Å²) < 4.78 is 41.9. The highest BCUT2D eigenvalue weighted by atomic mass is 32.2. The van der Waals surface area contributed by atoms with Gasteiger partial charge in [0.1, 0.15) is 11.6 Å². The second kappa shape index (κ2) is 6.20. The predicted molar refractivity (Wildman–Crippen MR) is 87.7 cm³/mol. The zero-order valence-corrected chi connectivity index (χ0v) is 13.8. The van der Waals surface area contributed by atoms with Crippen LogP contribution in [0.1, 0.15) is 18.4 Å². The molecule has 0 fully saturated rings. The Morgan fingerprint density at radius 3 is 2.38 bits per heavy atom. The molecule has 1 aliphatic rings. The summed E-state index contributed by atoms with van der Waals surface area (Å²) in [6.07, 6.45) is 1.95. The maximum atomic E-state index is 13.3. The van der Waals surface area contributed by atoms with Crippen LogP contribution in [0.25, 0.3) is 5.57 Å². The molecule has 0 amide bonds. The largest absolute Gasteiger partial charge is 0.453 e. The molecule has 24 heavy (non-hydrogen) atoms. The van der Waals surface area contributed by atoms with E-state index < -0.39 is 15.7 Å². The van der Waals surface area contributed by atoms with Crippen LogP contribution in [0.5, 0.6) is 5.75 Å².